The van der Waals surface area contributed by atoms with Crippen LogP contribution in [0.25, 0.3) is 0 Å². The lowest BCUT2D eigenvalue weighted by atomic mass is 9.99. The highest BCUT2D eigenvalue weighted by Gasteiger charge is 2.29. The number of para-hydroxylation sites is 1. The van der Waals surface area contributed by atoms with Gasteiger partial charge in [0.05, 0.1) is 23.2 Å². The van der Waals surface area contributed by atoms with E-state index in [1.807, 2.05) is 60.7 Å². The van der Waals surface area contributed by atoms with Crippen LogP contribution in [0.15, 0.2) is 89.8 Å². The smallest absolute Gasteiger partial charge is 0.324 e. The highest BCUT2D eigenvalue weighted by molar-refractivity contribution is 7.91. The SMILES string of the molecule is O=C(CNC(c1ccccc1)c1ccccc1)Nc1ccccc1S(=O)(=O)C(F)F. The molecule has 2 N–H and O–H groups in total. The maximum absolute atomic E-state index is 12.9. The van der Waals surface area contributed by atoms with Crippen molar-refractivity contribution in [3.63, 3.8) is 0 Å². The minimum absolute atomic E-state index is 0.155. The Labute approximate surface area is 173 Å². The minimum atomic E-state index is -4.84. The van der Waals surface area contributed by atoms with Gasteiger partial charge in [0.15, 0.2) is 0 Å². The molecular formula is C22H20F2N2O3S. The van der Waals surface area contributed by atoms with Crippen molar-refractivity contribution in [2.24, 2.45) is 0 Å². The molecule has 0 saturated heterocycles. The Morgan fingerprint density at radius 1 is 0.800 bits per heavy atom. The fourth-order valence-electron chi connectivity index (χ4n) is 3.02. The molecule has 1 amide bonds. The largest absolute Gasteiger partial charge is 0.341 e. The quantitative estimate of drug-likeness (QED) is 0.567. The monoisotopic (exact) mass is 430 g/mol. The van der Waals surface area contributed by atoms with Gasteiger partial charge in [-0.1, -0.05) is 72.8 Å². The van der Waals surface area contributed by atoms with Crippen molar-refractivity contribution in [2.75, 3.05) is 11.9 Å². The number of nitrogens with one attached hydrogen (secondary N) is 2. The summed E-state index contributed by atoms with van der Waals surface area (Å²) in [7, 11) is -4.84. The molecule has 0 saturated carbocycles. The fourth-order valence-corrected chi connectivity index (χ4v) is 3.91. The molecule has 0 aromatic heterocycles. The van der Waals surface area contributed by atoms with Gasteiger partial charge in [0.1, 0.15) is 0 Å². The second-order valence-corrected chi connectivity index (χ2v) is 8.37. The Morgan fingerprint density at radius 2 is 1.30 bits per heavy atom. The molecule has 30 heavy (non-hydrogen) atoms. The Balaban J connectivity index is 1.77. The number of anilines is 1. The number of carbonyl (C=O) groups is 1. The topological polar surface area (TPSA) is 75.3 Å². The third-order valence-electron chi connectivity index (χ3n) is 4.43. The van der Waals surface area contributed by atoms with E-state index in [9.17, 15) is 22.0 Å². The summed E-state index contributed by atoms with van der Waals surface area (Å²) in [6.45, 7) is -0.155. The third kappa shape index (κ3) is 5.08. The van der Waals surface area contributed by atoms with E-state index in [0.29, 0.717) is 0 Å². The number of alkyl halides is 2. The predicted octanol–water partition coefficient (Wildman–Crippen LogP) is 4.00. The zero-order valence-corrected chi connectivity index (χ0v) is 16.7. The van der Waals surface area contributed by atoms with E-state index in [4.69, 9.17) is 0 Å². The molecule has 3 rings (SSSR count). The average Bonchev–Trinajstić information content (AvgIpc) is 2.75. The first-order valence-corrected chi connectivity index (χ1v) is 10.7. The number of halogens is 2. The number of rotatable bonds is 8. The van der Waals surface area contributed by atoms with Crippen LogP contribution in [-0.2, 0) is 14.6 Å². The fraction of sp³-hybridized carbons (Fsp3) is 0.136. The zero-order valence-electron chi connectivity index (χ0n) is 15.8. The van der Waals surface area contributed by atoms with Gasteiger partial charge >= 0.3 is 5.76 Å². The number of sulfone groups is 1. The third-order valence-corrected chi connectivity index (χ3v) is 5.87. The first-order chi connectivity index (χ1) is 14.4. The lowest BCUT2D eigenvalue weighted by molar-refractivity contribution is -0.115. The molecule has 0 atom stereocenters. The standard InChI is InChI=1S/C22H20F2N2O3S/c23-22(24)30(28,29)19-14-8-7-13-18(19)26-20(27)15-25-21(16-9-3-1-4-10-16)17-11-5-2-6-12-17/h1-14,21-22,25H,15H2,(H,26,27). The molecule has 0 heterocycles. The molecule has 0 bridgehead atoms. The molecule has 0 unspecified atom stereocenters. The van der Waals surface area contributed by atoms with E-state index < -0.39 is 26.4 Å². The molecule has 5 nitrogen and oxygen atoms in total. The normalized spacial score (nSPS) is 11.6. The van der Waals surface area contributed by atoms with Crippen LogP contribution in [0.4, 0.5) is 14.5 Å². The summed E-state index contributed by atoms with van der Waals surface area (Å²) in [6.07, 6.45) is 0. The van der Waals surface area contributed by atoms with Gasteiger partial charge in [0.25, 0.3) is 0 Å². The molecule has 156 valence electrons. The Morgan fingerprint density at radius 3 is 1.83 bits per heavy atom. The first-order valence-electron chi connectivity index (χ1n) is 9.14. The van der Waals surface area contributed by atoms with Crippen molar-refractivity contribution >= 4 is 21.4 Å². The zero-order chi connectivity index (χ0) is 21.6. The van der Waals surface area contributed by atoms with Gasteiger partial charge in [0.2, 0.25) is 15.7 Å². The van der Waals surface area contributed by atoms with Crippen molar-refractivity contribution in [2.45, 2.75) is 16.7 Å². The Hall–Kier alpha value is -3.10. The van der Waals surface area contributed by atoms with E-state index in [1.165, 1.54) is 18.2 Å². The van der Waals surface area contributed by atoms with Crippen LogP contribution < -0.4 is 10.6 Å². The van der Waals surface area contributed by atoms with Gasteiger partial charge in [-0.2, -0.15) is 8.78 Å². The Bertz CT molecular complexity index is 1050. The lowest BCUT2D eigenvalue weighted by Gasteiger charge is -2.20. The van der Waals surface area contributed by atoms with Crippen LogP contribution in [0.2, 0.25) is 0 Å². The molecule has 0 aliphatic rings. The molecule has 3 aromatic carbocycles. The summed E-state index contributed by atoms with van der Waals surface area (Å²) in [6, 6.07) is 23.8. The second-order valence-electron chi connectivity index (χ2n) is 6.49. The molecule has 0 fully saturated rings. The number of amides is 1. The van der Waals surface area contributed by atoms with Crippen molar-refractivity contribution < 1.29 is 22.0 Å². The number of carbonyl (C=O) groups excluding carboxylic acids is 1. The van der Waals surface area contributed by atoms with Gasteiger partial charge in [0, 0.05) is 0 Å². The maximum atomic E-state index is 12.9. The number of hydrogen-bond donors (Lipinski definition) is 2. The molecule has 8 heteroatoms. The summed E-state index contributed by atoms with van der Waals surface area (Å²) in [5, 5.41) is 5.56. The van der Waals surface area contributed by atoms with Gasteiger partial charge in [-0.3, -0.25) is 10.1 Å². The summed E-state index contributed by atoms with van der Waals surface area (Å²) in [4.78, 5) is 11.9. The predicted molar refractivity (Wildman–Crippen MR) is 111 cm³/mol. The molecule has 0 aliphatic heterocycles. The van der Waals surface area contributed by atoms with Gasteiger partial charge in [-0.25, -0.2) is 8.42 Å². The van der Waals surface area contributed by atoms with E-state index in [2.05, 4.69) is 10.6 Å². The summed E-state index contributed by atoms with van der Waals surface area (Å²) in [5.41, 5.74) is 1.70. The highest BCUT2D eigenvalue weighted by Crippen LogP contribution is 2.26. The lowest BCUT2D eigenvalue weighted by Crippen LogP contribution is -2.32. The van der Waals surface area contributed by atoms with Crippen LogP contribution in [0.5, 0.6) is 0 Å². The molecule has 0 spiro atoms. The van der Waals surface area contributed by atoms with Crippen LogP contribution in [0.1, 0.15) is 17.2 Å². The van der Waals surface area contributed by atoms with Crippen LogP contribution in [-0.4, -0.2) is 26.6 Å². The van der Waals surface area contributed by atoms with E-state index in [1.54, 1.807) is 0 Å². The van der Waals surface area contributed by atoms with Crippen LogP contribution in [0, 0.1) is 0 Å². The van der Waals surface area contributed by atoms with E-state index >= 15 is 0 Å². The summed E-state index contributed by atoms with van der Waals surface area (Å²) < 4.78 is 49.6. The van der Waals surface area contributed by atoms with Crippen LogP contribution >= 0.6 is 0 Å². The summed E-state index contributed by atoms with van der Waals surface area (Å²) >= 11 is 0. The molecule has 3 aromatic rings. The van der Waals surface area contributed by atoms with Crippen LogP contribution in [0.3, 0.4) is 0 Å². The van der Waals surface area contributed by atoms with Crippen molar-refractivity contribution in [1.82, 2.24) is 5.32 Å². The van der Waals surface area contributed by atoms with Crippen molar-refractivity contribution in [3.05, 3.63) is 96.1 Å². The Kier molecular flexibility index (Phi) is 6.91. The molecule has 0 aliphatic carbocycles. The maximum Gasteiger partial charge on any atom is 0.341 e. The average molecular weight is 430 g/mol. The molecular weight excluding hydrogens is 410 g/mol. The first kappa shape index (κ1) is 21.6. The highest BCUT2D eigenvalue weighted by atomic mass is 32.2. The van der Waals surface area contributed by atoms with Crippen molar-refractivity contribution in [1.29, 1.82) is 0 Å². The van der Waals surface area contributed by atoms with E-state index in [-0.39, 0.29) is 18.3 Å². The van der Waals surface area contributed by atoms with Gasteiger partial charge < -0.3 is 5.32 Å². The number of hydrogen-bond acceptors (Lipinski definition) is 4. The van der Waals surface area contributed by atoms with Gasteiger partial charge in [-0.05, 0) is 23.3 Å². The van der Waals surface area contributed by atoms with Gasteiger partial charge in [-0.15, -0.1) is 0 Å². The van der Waals surface area contributed by atoms with Crippen molar-refractivity contribution in [3.8, 4) is 0 Å². The molecule has 0 radical (unpaired) electrons. The summed E-state index contributed by atoms with van der Waals surface area (Å²) in [5.74, 6) is -4.13. The van der Waals surface area contributed by atoms with E-state index in [0.717, 1.165) is 17.2 Å². The number of benzene rings is 3. The second kappa shape index (κ2) is 9.60. The minimum Gasteiger partial charge on any atom is -0.324 e.